The van der Waals surface area contributed by atoms with Gasteiger partial charge in [-0.2, -0.15) is 5.06 Å². The Morgan fingerprint density at radius 2 is 1.79 bits per heavy atom. The third-order valence-electron chi connectivity index (χ3n) is 1.11. The summed E-state index contributed by atoms with van der Waals surface area (Å²) >= 11 is 0. The monoisotopic (exact) mass is 203 g/mol. The highest BCUT2D eigenvalue weighted by Crippen LogP contribution is 2.08. The number of carbonyl (C=O) groups excluding carboxylic acids is 2. The highest BCUT2D eigenvalue weighted by atomic mass is 16.7. The van der Waals surface area contributed by atoms with Crippen LogP contribution in [0.2, 0.25) is 0 Å². The van der Waals surface area contributed by atoms with E-state index >= 15 is 0 Å². The van der Waals surface area contributed by atoms with E-state index in [-0.39, 0.29) is 12.4 Å². The minimum absolute atomic E-state index is 0.129. The summed E-state index contributed by atoms with van der Waals surface area (Å²) in [5, 5.41) is 0.909. The van der Waals surface area contributed by atoms with Crippen LogP contribution in [0, 0.1) is 0 Å². The molecule has 0 spiro atoms. The lowest BCUT2D eigenvalue weighted by atomic mass is 10.2. The summed E-state index contributed by atoms with van der Waals surface area (Å²) in [7, 11) is 1.40. The molecule has 0 bridgehead atoms. The van der Waals surface area contributed by atoms with Gasteiger partial charge in [-0.25, -0.2) is 4.79 Å². The molecule has 0 saturated carbocycles. The van der Waals surface area contributed by atoms with Crippen LogP contribution in [-0.4, -0.2) is 36.2 Å². The van der Waals surface area contributed by atoms with Crippen molar-refractivity contribution in [1.29, 1.82) is 0 Å². The van der Waals surface area contributed by atoms with Crippen molar-refractivity contribution >= 4 is 11.9 Å². The van der Waals surface area contributed by atoms with Gasteiger partial charge >= 0.3 is 6.09 Å². The Bertz CT molecular complexity index is 219. The minimum atomic E-state index is -0.612. The number of Topliss-reactive ketones (excluding diaryl/α,β-unsaturated/α-hetero) is 1. The molecule has 0 aliphatic carbocycles. The molecule has 0 aliphatic rings. The number of hydrogen-bond donors (Lipinski definition) is 0. The number of ether oxygens (including phenoxy) is 1. The number of rotatable bonds is 3. The second kappa shape index (κ2) is 4.95. The van der Waals surface area contributed by atoms with Gasteiger partial charge in [0, 0.05) is 7.05 Å². The molecule has 5 nitrogen and oxygen atoms in total. The molecule has 1 amide bonds. The minimum Gasteiger partial charge on any atom is -0.442 e. The summed E-state index contributed by atoms with van der Waals surface area (Å²) in [5.74, 6) is -0.152. The van der Waals surface area contributed by atoms with E-state index in [1.807, 2.05) is 0 Å². The first-order valence-electron chi connectivity index (χ1n) is 4.31. The smallest absolute Gasteiger partial charge is 0.434 e. The van der Waals surface area contributed by atoms with Gasteiger partial charge in [0.05, 0.1) is 0 Å². The molecule has 0 rings (SSSR count). The van der Waals surface area contributed by atoms with E-state index in [1.54, 1.807) is 20.8 Å². The van der Waals surface area contributed by atoms with Gasteiger partial charge in [0.1, 0.15) is 12.2 Å². The van der Waals surface area contributed by atoms with Crippen molar-refractivity contribution in [2.24, 2.45) is 0 Å². The predicted octanol–water partition coefficient (Wildman–Crippen LogP) is 1.37. The van der Waals surface area contributed by atoms with Crippen LogP contribution in [-0.2, 0) is 14.4 Å². The van der Waals surface area contributed by atoms with Gasteiger partial charge < -0.3 is 4.74 Å². The molecule has 0 aromatic rings. The molecule has 0 fully saturated rings. The summed E-state index contributed by atoms with van der Waals surface area (Å²) in [5.41, 5.74) is -0.565. The summed E-state index contributed by atoms with van der Waals surface area (Å²) in [4.78, 5) is 26.6. The topological polar surface area (TPSA) is 55.8 Å². The van der Waals surface area contributed by atoms with E-state index in [2.05, 4.69) is 0 Å². The lowest BCUT2D eigenvalue weighted by Crippen LogP contribution is -2.35. The van der Waals surface area contributed by atoms with Crippen molar-refractivity contribution < 1.29 is 19.2 Å². The zero-order chi connectivity index (χ0) is 11.4. The Hall–Kier alpha value is -1.10. The van der Waals surface area contributed by atoms with E-state index in [0.717, 1.165) is 5.06 Å². The Kier molecular flexibility index (Phi) is 4.56. The number of hydroxylamine groups is 2. The molecule has 0 aromatic carbocycles. The second-order valence-corrected chi connectivity index (χ2v) is 3.95. The van der Waals surface area contributed by atoms with Gasteiger partial charge in [0.2, 0.25) is 0 Å². The maximum absolute atomic E-state index is 11.2. The summed E-state index contributed by atoms with van der Waals surface area (Å²) < 4.78 is 4.98. The molecule has 14 heavy (non-hydrogen) atoms. The Morgan fingerprint density at radius 3 is 2.14 bits per heavy atom. The van der Waals surface area contributed by atoms with E-state index in [1.165, 1.54) is 14.0 Å². The van der Waals surface area contributed by atoms with Crippen LogP contribution in [0.5, 0.6) is 0 Å². The molecule has 82 valence electrons. The van der Waals surface area contributed by atoms with Gasteiger partial charge in [-0.15, -0.1) is 0 Å². The molecule has 0 radical (unpaired) electrons. The van der Waals surface area contributed by atoms with Gasteiger partial charge in [-0.05, 0) is 27.7 Å². The number of amides is 1. The molecule has 0 unspecified atom stereocenters. The normalized spacial score (nSPS) is 10.9. The molecule has 0 aromatic heterocycles. The van der Waals surface area contributed by atoms with E-state index < -0.39 is 11.7 Å². The summed E-state index contributed by atoms with van der Waals surface area (Å²) in [6.45, 7) is 6.51. The Morgan fingerprint density at radius 1 is 1.29 bits per heavy atom. The van der Waals surface area contributed by atoms with Crippen molar-refractivity contribution in [3.05, 3.63) is 0 Å². The second-order valence-electron chi connectivity index (χ2n) is 3.95. The number of carbonyl (C=O) groups is 2. The third-order valence-corrected chi connectivity index (χ3v) is 1.11. The predicted molar refractivity (Wildman–Crippen MR) is 50.6 cm³/mol. The van der Waals surface area contributed by atoms with Crippen LogP contribution < -0.4 is 0 Å². The van der Waals surface area contributed by atoms with Crippen LogP contribution in [0.3, 0.4) is 0 Å². The standard InChI is InChI=1S/C9H17NO4/c1-7(11)6-13-10(5)8(12)14-9(2,3)4/h6H2,1-5H3. The van der Waals surface area contributed by atoms with E-state index in [4.69, 9.17) is 9.57 Å². The zero-order valence-corrected chi connectivity index (χ0v) is 9.29. The fourth-order valence-corrected chi connectivity index (χ4v) is 0.567. The van der Waals surface area contributed by atoms with Gasteiger partial charge in [0.25, 0.3) is 0 Å². The lowest BCUT2D eigenvalue weighted by molar-refractivity contribution is -0.149. The van der Waals surface area contributed by atoms with Crippen LogP contribution in [0.1, 0.15) is 27.7 Å². The third kappa shape index (κ3) is 6.42. The number of ketones is 1. The van der Waals surface area contributed by atoms with Gasteiger partial charge in [-0.3, -0.25) is 9.63 Å². The van der Waals surface area contributed by atoms with Crippen molar-refractivity contribution in [3.63, 3.8) is 0 Å². The van der Waals surface area contributed by atoms with Crippen molar-refractivity contribution in [3.8, 4) is 0 Å². The number of hydrogen-bond acceptors (Lipinski definition) is 4. The number of nitrogens with zero attached hydrogens (tertiary/aromatic N) is 1. The average molecular weight is 203 g/mol. The molecule has 0 aliphatic heterocycles. The fraction of sp³-hybridized carbons (Fsp3) is 0.778. The maximum Gasteiger partial charge on any atom is 0.434 e. The van der Waals surface area contributed by atoms with E-state index in [0.29, 0.717) is 0 Å². The van der Waals surface area contributed by atoms with Crippen LogP contribution in [0.25, 0.3) is 0 Å². The molecule has 0 atom stereocenters. The first-order valence-corrected chi connectivity index (χ1v) is 4.31. The van der Waals surface area contributed by atoms with Crippen molar-refractivity contribution in [2.75, 3.05) is 13.7 Å². The summed E-state index contributed by atoms with van der Waals surface area (Å²) in [6, 6.07) is 0. The first kappa shape index (κ1) is 12.9. The summed E-state index contributed by atoms with van der Waals surface area (Å²) in [6.07, 6.45) is -0.612. The molecule has 0 saturated heterocycles. The van der Waals surface area contributed by atoms with Crippen molar-refractivity contribution in [1.82, 2.24) is 5.06 Å². The molecule has 0 heterocycles. The van der Waals surface area contributed by atoms with Gasteiger partial charge in [-0.1, -0.05) is 0 Å². The van der Waals surface area contributed by atoms with E-state index in [9.17, 15) is 9.59 Å². The highest BCUT2D eigenvalue weighted by molar-refractivity contribution is 5.77. The molecule has 5 heteroatoms. The Labute approximate surface area is 83.9 Å². The quantitative estimate of drug-likeness (QED) is 0.650. The van der Waals surface area contributed by atoms with Crippen LogP contribution in [0.15, 0.2) is 0 Å². The van der Waals surface area contributed by atoms with Crippen molar-refractivity contribution in [2.45, 2.75) is 33.3 Å². The van der Waals surface area contributed by atoms with Crippen LogP contribution in [0.4, 0.5) is 4.79 Å². The fourth-order valence-electron chi connectivity index (χ4n) is 0.567. The first-order chi connectivity index (χ1) is 6.22. The average Bonchev–Trinajstić information content (AvgIpc) is 1.96. The molecule has 0 N–H and O–H groups in total. The maximum atomic E-state index is 11.2. The largest absolute Gasteiger partial charge is 0.442 e. The highest BCUT2D eigenvalue weighted by Gasteiger charge is 2.20. The SMILES string of the molecule is CC(=O)CON(C)C(=O)OC(C)(C)C. The Balaban J connectivity index is 3.94. The molecular weight excluding hydrogens is 186 g/mol. The molecular formula is C9H17NO4. The zero-order valence-electron chi connectivity index (χ0n) is 9.29. The van der Waals surface area contributed by atoms with Crippen LogP contribution >= 0.6 is 0 Å². The lowest BCUT2D eigenvalue weighted by Gasteiger charge is -2.23. The van der Waals surface area contributed by atoms with Gasteiger partial charge in [0.15, 0.2) is 5.78 Å².